The summed E-state index contributed by atoms with van der Waals surface area (Å²) >= 11 is 5.18. The van der Waals surface area contributed by atoms with Gasteiger partial charge in [0.05, 0.1) is 11.9 Å². The van der Waals surface area contributed by atoms with Gasteiger partial charge in [0.25, 0.3) is 5.56 Å². The van der Waals surface area contributed by atoms with Gasteiger partial charge in [-0.2, -0.15) is 16.9 Å². The smallest absolute Gasteiger partial charge is 0.283 e. The van der Waals surface area contributed by atoms with Crippen LogP contribution < -0.4 is 10.9 Å². The molecule has 0 aliphatic carbocycles. The van der Waals surface area contributed by atoms with Gasteiger partial charge in [-0.25, -0.2) is 4.68 Å². The molecular formula is C12H20BrN3OS. The fraction of sp³-hybridized carbons (Fsp3) is 0.667. The van der Waals surface area contributed by atoms with Gasteiger partial charge in [0.15, 0.2) is 0 Å². The molecule has 0 amide bonds. The van der Waals surface area contributed by atoms with E-state index in [4.69, 9.17) is 0 Å². The average molecular weight is 334 g/mol. The molecule has 4 nitrogen and oxygen atoms in total. The third-order valence-corrected chi connectivity index (χ3v) is 4.18. The Labute approximate surface area is 121 Å². The summed E-state index contributed by atoms with van der Waals surface area (Å²) in [6.45, 7) is 5.71. The average Bonchev–Trinajstić information content (AvgIpc) is 2.35. The second kappa shape index (κ2) is 7.84. The summed E-state index contributed by atoms with van der Waals surface area (Å²) in [5.74, 6) is 1.66. The predicted molar refractivity (Wildman–Crippen MR) is 82.5 cm³/mol. The number of nitrogens with one attached hydrogen (secondary N) is 1. The Balaban J connectivity index is 2.73. The first-order valence-electron chi connectivity index (χ1n) is 6.08. The van der Waals surface area contributed by atoms with Gasteiger partial charge in [-0.15, -0.1) is 0 Å². The Hall–Kier alpha value is -0.490. The van der Waals surface area contributed by atoms with Gasteiger partial charge in [-0.1, -0.05) is 13.8 Å². The number of hydrogen-bond donors (Lipinski definition) is 1. The van der Waals surface area contributed by atoms with Crippen LogP contribution in [0.25, 0.3) is 0 Å². The highest BCUT2D eigenvalue weighted by molar-refractivity contribution is 9.10. The lowest BCUT2D eigenvalue weighted by Gasteiger charge is -2.13. The van der Waals surface area contributed by atoms with Crippen LogP contribution in [0.15, 0.2) is 15.5 Å². The van der Waals surface area contributed by atoms with Crippen LogP contribution in [-0.2, 0) is 6.54 Å². The second-order valence-electron chi connectivity index (χ2n) is 4.34. The van der Waals surface area contributed by atoms with E-state index in [2.05, 4.69) is 39.5 Å². The molecule has 0 saturated carbocycles. The highest BCUT2D eigenvalue weighted by Gasteiger charge is 2.09. The lowest BCUT2D eigenvalue weighted by molar-refractivity contribution is 0.565. The van der Waals surface area contributed by atoms with E-state index in [1.807, 2.05) is 18.7 Å². The van der Waals surface area contributed by atoms with Crippen LogP contribution >= 0.6 is 27.7 Å². The van der Waals surface area contributed by atoms with E-state index >= 15 is 0 Å². The largest absolute Gasteiger partial charge is 0.382 e. The fourth-order valence-electron chi connectivity index (χ4n) is 1.59. The van der Waals surface area contributed by atoms with Crippen molar-refractivity contribution in [3.05, 3.63) is 21.0 Å². The van der Waals surface area contributed by atoms with Gasteiger partial charge in [0.2, 0.25) is 0 Å². The molecule has 0 aliphatic heterocycles. The quantitative estimate of drug-likeness (QED) is 0.833. The van der Waals surface area contributed by atoms with Crippen molar-refractivity contribution < 1.29 is 0 Å². The molecule has 1 atom stereocenters. The van der Waals surface area contributed by atoms with Crippen molar-refractivity contribution >= 4 is 33.4 Å². The number of nitrogens with zero attached hydrogens (tertiary/aromatic N) is 2. The summed E-state index contributed by atoms with van der Waals surface area (Å²) in [7, 11) is 0. The first kappa shape index (κ1) is 15.6. The van der Waals surface area contributed by atoms with Crippen molar-refractivity contribution in [2.45, 2.75) is 26.8 Å². The lowest BCUT2D eigenvalue weighted by atomic mass is 10.2. The molecule has 0 spiro atoms. The molecule has 0 aromatic carbocycles. The van der Waals surface area contributed by atoms with Crippen LogP contribution in [-0.4, -0.2) is 28.3 Å². The standard InChI is InChI=1S/C12H20BrN3OS/c1-4-5-16-12(17)11(13)10(7-15-16)14-6-9(2)8-18-3/h7,9,14H,4-6,8H2,1-3H3. The molecule has 1 N–H and O–H groups in total. The highest BCUT2D eigenvalue weighted by atomic mass is 79.9. The van der Waals surface area contributed by atoms with E-state index in [1.165, 1.54) is 4.68 Å². The van der Waals surface area contributed by atoms with Gasteiger partial charge < -0.3 is 5.32 Å². The monoisotopic (exact) mass is 333 g/mol. The molecule has 0 aliphatic rings. The third kappa shape index (κ3) is 4.31. The second-order valence-corrected chi connectivity index (χ2v) is 6.05. The van der Waals surface area contributed by atoms with Gasteiger partial charge >= 0.3 is 0 Å². The number of aromatic nitrogens is 2. The Bertz CT molecular complexity index is 436. The van der Waals surface area contributed by atoms with Crippen LogP contribution in [0.4, 0.5) is 5.69 Å². The van der Waals surface area contributed by atoms with Gasteiger partial charge in [0.1, 0.15) is 4.47 Å². The topological polar surface area (TPSA) is 46.9 Å². The van der Waals surface area contributed by atoms with Crippen LogP contribution in [0.5, 0.6) is 0 Å². The minimum absolute atomic E-state index is 0.0700. The summed E-state index contributed by atoms with van der Waals surface area (Å²) < 4.78 is 2.06. The molecule has 0 bridgehead atoms. The van der Waals surface area contributed by atoms with E-state index in [1.54, 1.807) is 6.20 Å². The molecular weight excluding hydrogens is 314 g/mol. The number of thioether (sulfide) groups is 1. The summed E-state index contributed by atoms with van der Waals surface area (Å²) in [4.78, 5) is 12.0. The first-order chi connectivity index (χ1) is 8.60. The minimum atomic E-state index is -0.0700. The van der Waals surface area contributed by atoms with E-state index in [0.29, 0.717) is 16.9 Å². The van der Waals surface area contributed by atoms with Crippen LogP contribution in [0, 0.1) is 5.92 Å². The molecule has 0 radical (unpaired) electrons. The molecule has 0 fully saturated rings. The molecule has 18 heavy (non-hydrogen) atoms. The van der Waals surface area contributed by atoms with Crippen molar-refractivity contribution in [3.63, 3.8) is 0 Å². The molecule has 1 unspecified atom stereocenters. The number of aryl methyl sites for hydroxylation is 1. The van der Waals surface area contributed by atoms with Crippen LogP contribution in [0.1, 0.15) is 20.3 Å². The zero-order valence-electron chi connectivity index (χ0n) is 11.1. The van der Waals surface area contributed by atoms with E-state index in [-0.39, 0.29) is 5.56 Å². The number of hydrogen-bond acceptors (Lipinski definition) is 4. The van der Waals surface area contributed by atoms with E-state index < -0.39 is 0 Å². The Morgan fingerprint density at radius 2 is 2.33 bits per heavy atom. The predicted octanol–water partition coefficient (Wildman–Crippen LogP) is 2.83. The summed E-state index contributed by atoms with van der Waals surface area (Å²) in [5.41, 5.74) is 0.708. The molecule has 1 heterocycles. The first-order valence-corrected chi connectivity index (χ1v) is 8.27. The summed E-state index contributed by atoms with van der Waals surface area (Å²) in [6, 6.07) is 0. The van der Waals surface area contributed by atoms with Crippen LogP contribution in [0.3, 0.4) is 0 Å². The molecule has 1 aromatic rings. The fourth-order valence-corrected chi connectivity index (χ4v) is 2.72. The van der Waals surface area contributed by atoms with E-state index in [0.717, 1.165) is 24.4 Å². The Morgan fingerprint density at radius 1 is 1.61 bits per heavy atom. The van der Waals surface area contributed by atoms with Crippen LogP contribution in [0.2, 0.25) is 0 Å². The van der Waals surface area contributed by atoms with Crippen molar-refractivity contribution in [1.29, 1.82) is 0 Å². The highest BCUT2D eigenvalue weighted by Crippen LogP contribution is 2.17. The zero-order valence-corrected chi connectivity index (χ0v) is 13.5. The molecule has 6 heteroatoms. The van der Waals surface area contributed by atoms with Gasteiger partial charge in [-0.05, 0) is 40.3 Å². The molecule has 1 rings (SSSR count). The maximum absolute atomic E-state index is 12.0. The molecule has 102 valence electrons. The van der Waals surface area contributed by atoms with Crippen molar-refractivity contribution in [2.75, 3.05) is 23.9 Å². The minimum Gasteiger partial charge on any atom is -0.382 e. The molecule has 1 aromatic heterocycles. The maximum atomic E-state index is 12.0. The summed E-state index contributed by atoms with van der Waals surface area (Å²) in [5, 5.41) is 7.43. The maximum Gasteiger partial charge on any atom is 0.283 e. The SMILES string of the molecule is CCCn1ncc(NCC(C)CSC)c(Br)c1=O. The lowest BCUT2D eigenvalue weighted by Crippen LogP contribution is -2.25. The Morgan fingerprint density at radius 3 is 2.94 bits per heavy atom. The number of rotatable bonds is 7. The van der Waals surface area contributed by atoms with Gasteiger partial charge in [0, 0.05) is 13.1 Å². The van der Waals surface area contributed by atoms with E-state index in [9.17, 15) is 4.79 Å². The molecule has 0 saturated heterocycles. The third-order valence-electron chi connectivity index (χ3n) is 2.51. The zero-order chi connectivity index (χ0) is 13.5. The van der Waals surface area contributed by atoms with Gasteiger partial charge in [-0.3, -0.25) is 4.79 Å². The number of anilines is 1. The number of halogens is 1. The normalized spacial score (nSPS) is 12.4. The summed E-state index contributed by atoms with van der Waals surface area (Å²) in [6.07, 6.45) is 4.71. The van der Waals surface area contributed by atoms with Crippen molar-refractivity contribution in [1.82, 2.24) is 9.78 Å². The Kier molecular flexibility index (Phi) is 6.78. The van der Waals surface area contributed by atoms with Crippen molar-refractivity contribution in [3.8, 4) is 0 Å². The van der Waals surface area contributed by atoms with Crippen molar-refractivity contribution in [2.24, 2.45) is 5.92 Å².